The highest BCUT2D eigenvalue weighted by molar-refractivity contribution is 5.76. The van der Waals surface area contributed by atoms with Crippen LogP contribution in [0.4, 0.5) is 5.69 Å². The first-order valence-corrected chi connectivity index (χ1v) is 8.02. The Bertz CT molecular complexity index is 696. The smallest absolute Gasteiger partial charge is 0.126 e. The molecule has 1 aliphatic rings. The van der Waals surface area contributed by atoms with Gasteiger partial charge in [-0.2, -0.15) is 0 Å². The first-order valence-electron chi connectivity index (χ1n) is 8.02. The molecule has 1 heterocycles. The maximum Gasteiger partial charge on any atom is 0.126 e. The van der Waals surface area contributed by atoms with Gasteiger partial charge in [0.05, 0.1) is 13.2 Å². The van der Waals surface area contributed by atoms with E-state index < -0.39 is 0 Å². The molecule has 0 unspecified atom stereocenters. The average Bonchev–Trinajstić information content (AvgIpc) is 2.58. The molecule has 1 aromatic rings. The van der Waals surface area contributed by atoms with Gasteiger partial charge >= 0.3 is 0 Å². The van der Waals surface area contributed by atoms with E-state index in [1.165, 1.54) is 5.57 Å². The summed E-state index contributed by atoms with van der Waals surface area (Å²) in [5.41, 5.74) is 5.17. The molecule has 0 bridgehead atoms. The second-order valence-electron chi connectivity index (χ2n) is 5.52. The second-order valence-corrected chi connectivity index (χ2v) is 5.52. The van der Waals surface area contributed by atoms with Gasteiger partial charge < -0.3 is 20.1 Å². The fraction of sp³-hybridized carbons (Fsp3) is 0.300. The fourth-order valence-corrected chi connectivity index (χ4v) is 2.48. The van der Waals surface area contributed by atoms with Gasteiger partial charge in [0.15, 0.2) is 0 Å². The molecule has 0 amide bonds. The third kappa shape index (κ3) is 4.94. The predicted molar refractivity (Wildman–Crippen MR) is 99.5 cm³/mol. The minimum Gasteiger partial charge on any atom is -0.493 e. The van der Waals surface area contributed by atoms with Crippen LogP contribution < -0.4 is 15.4 Å². The van der Waals surface area contributed by atoms with Crippen molar-refractivity contribution >= 4 is 11.3 Å². The van der Waals surface area contributed by atoms with E-state index in [2.05, 4.69) is 35.4 Å². The van der Waals surface area contributed by atoms with Crippen LogP contribution in [0.5, 0.6) is 5.75 Å². The normalized spacial score (nSPS) is 15.2. The molecule has 1 aliphatic heterocycles. The molecule has 0 atom stereocenters. The molecule has 0 saturated heterocycles. The average molecular weight is 324 g/mol. The number of rotatable bonds is 7. The first kappa shape index (κ1) is 17.7. The van der Waals surface area contributed by atoms with Crippen LogP contribution >= 0.6 is 0 Å². The van der Waals surface area contributed by atoms with E-state index in [0.29, 0.717) is 19.8 Å². The van der Waals surface area contributed by atoms with Crippen LogP contribution in [0, 0.1) is 12.5 Å². The molecular weight excluding hydrogens is 300 g/mol. The molecule has 126 valence electrons. The van der Waals surface area contributed by atoms with E-state index in [1.54, 1.807) is 0 Å². The summed E-state index contributed by atoms with van der Waals surface area (Å²) in [5.74, 6) is 0.895. The van der Waals surface area contributed by atoms with E-state index in [0.717, 1.165) is 34.7 Å². The summed E-state index contributed by atoms with van der Waals surface area (Å²) < 4.78 is 11.1. The third-order valence-electron chi connectivity index (χ3n) is 3.54. The number of terminal acetylenes is 1. The predicted octanol–water partition coefficient (Wildman–Crippen LogP) is 3.90. The summed E-state index contributed by atoms with van der Waals surface area (Å²) in [5, 5.41) is 6.05. The third-order valence-corrected chi connectivity index (χ3v) is 3.54. The van der Waals surface area contributed by atoms with Crippen molar-refractivity contribution in [2.75, 3.05) is 25.1 Å². The topological polar surface area (TPSA) is 42.5 Å². The molecule has 4 nitrogen and oxygen atoms in total. The number of hydrogen-bond donors (Lipinski definition) is 2. The highest BCUT2D eigenvalue weighted by Gasteiger charge is 2.16. The van der Waals surface area contributed by atoms with Gasteiger partial charge in [0.1, 0.15) is 5.75 Å². The zero-order valence-electron chi connectivity index (χ0n) is 14.3. The van der Waals surface area contributed by atoms with Crippen molar-refractivity contribution in [1.29, 1.82) is 0 Å². The van der Waals surface area contributed by atoms with Crippen molar-refractivity contribution in [3.8, 4) is 18.2 Å². The Morgan fingerprint density at radius 3 is 3.08 bits per heavy atom. The fourth-order valence-electron chi connectivity index (χ4n) is 2.48. The van der Waals surface area contributed by atoms with E-state index in [1.807, 2.05) is 32.2 Å². The molecule has 2 N–H and O–H groups in total. The number of anilines is 1. The SMILES string of the molecule is C#CN/C=C(C)/C=C1\CCOc2ccc(NC(=C)COCC)cc21. The Hall–Kier alpha value is -2.64. The Labute approximate surface area is 144 Å². The highest BCUT2D eigenvalue weighted by Crippen LogP contribution is 2.35. The molecule has 1 aromatic carbocycles. The molecule has 0 aliphatic carbocycles. The Balaban J connectivity index is 2.21. The van der Waals surface area contributed by atoms with Gasteiger partial charge in [-0.25, -0.2) is 0 Å². The molecule has 0 fully saturated rings. The van der Waals surface area contributed by atoms with E-state index in [4.69, 9.17) is 15.9 Å². The van der Waals surface area contributed by atoms with Crippen molar-refractivity contribution in [3.05, 3.63) is 53.9 Å². The van der Waals surface area contributed by atoms with Gasteiger partial charge in [-0.1, -0.05) is 19.1 Å². The lowest BCUT2D eigenvalue weighted by Crippen LogP contribution is -2.10. The molecule has 24 heavy (non-hydrogen) atoms. The largest absolute Gasteiger partial charge is 0.493 e. The molecule has 4 heteroatoms. The standard InChI is InChI=1S/C20H24N2O2/c1-5-21-13-15(3)11-17-9-10-24-20-8-7-18(12-19(17)20)22-16(4)14-23-6-2/h1,7-8,11-13,21-22H,4,6,9-10,14H2,2-3H3/b15-13+,17-11+. The quantitative estimate of drug-likeness (QED) is 0.590. The van der Waals surface area contributed by atoms with Gasteiger partial charge in [0.25, 0.3) is 0 Å². The monoisotopic (exact) mass is 324 g/mol. The number of benzene rings is 1. The molecular formula is C20H24N2O2. The van der Waals surface area contributed by atoms with Crippen LogP contribution in [0.2, 0.25) is 0 Å². The number of hydrogen-bond acceptors (Lipinski definition) is 4. The molecule has 0 saturated carbocycles. The zero-order chi connectivity index (χ0) is 17.4. The van der Waals surface area contributed by atoms with Crippen LogP contribution in [0.1, 0.15) is 25.8 Å². The van der Waals surface area contributed by atoms with Crippen LogP contribution in [-0.2, 0) is 4.74 Å². The van der Waals surface area contributed by atoms with Crippen molar-refractivity contribution in [3.63, 3.8) is 0 Å². The number of allylic oxidation sites excluding steroid dienone is 2. The van der Waals surface area contributed by atoms with Gasteiger partial charge in [-0.3, -0.25) is 0 Å². The molecule has 0 spiro atoms. The van der Waals surface area contributed by atoms with Crippen molar-refractivity contribution in [1.82, 2.24) is 5.32 Å². The van der Waals surface area contributed by atoms with E-state index in [9.17, 15) is 0 Å². The summed E-state index contributed by atoms with van der Waals surface area (Å²) in [4.78, 5) is 0. The second kappa shape index (κ2) is 8.85. The van der Waals surface area contributed by atoms with Gasteiger partial charge in [0, 0.05) is 42.2 Å². The highest BCUT2D eigenvalue weighted by atomic mass is 16.5. The minimum absolute atomic E-state index is 0.492. The minimum atomic E-state index is 0.492. The summed E-state index contributed by atoms with van der Waals surface area (Å²) in [6.45, 7) is 9.80. The number of ether oxygens (including phenoxy) is 2. The number of fused-ring (bicyclic) bond motifs is 1. The van der Waals surface area contributed by atoms with E-state index >= 15 is 0 Å². The number of nitrogens with one attached hydrogen (secondary N) is 2. The van der Waals surface area contributed by atoms with Gasteiger partial charge in [-0.15, -0.1) is 0 Å². The molecule has 0 aromatic heterocycles. The maximum atomic E-state index is 5.76. The Morgan fingerprint density at radius 1 is 1.50 bits per heavy atom. The Morgan fingerprint density at radius 2 is 2.33 bits per heavy atom. The van der Waals surface area contributed by atoms with Crippen LogP contribution in [-0.4, -0.2) is 19.8 Å². The van der Waals surface area contributed by atoms with Crippen LogP contribution in [0.3, 0.4) is 0 Å². The first-order chi connectivity index (χ1) is 11.6. The summed E-state index contributed by atoms with van der Waals surface area (Å²) in [6.07, 6.45) is 10.0. The lowest BCUT2D eigenvalue weighted by molar-refractivity contribution is 0.172. The van der Waals surface area contributed by atoms with Gasteiger partial charge in [-0.05, 0) is 43.2 Å². The summed E-state index contributed by atoms with van der Waals surface area (Å²) in [7, 11) is 0. The lowest BCUT2D eigenvalue weighted by atomic mass is 9.97. The van der Waals surface area contributed by atoms with Crippen molar-refractivity contribution in [2.24, 2.45) is 0 Å². The van der Waals surface area contributed by atoms with Crippen LogP contribution in [0.15, 0.2) is 48.3 Å². The Kier molecular flexibility index (Phi) is 6.53. The summed E-state index contributed by atoms with van der Waals surface area (Å²) in [6, 6.07) is 8.44. The van der Waals surface area contributed by atoms with E-state index in [-0.39, 0.29) is 0 Å². The van der Waals surface area contributed by atoms with Crippen LogP contribution in [0.25, 0.3) is 5.57 Å². The maximum absolute atomic E-state index is 5.76. The molecule has 0 radical (unpaired) electrons. The van der Waals surface area contributed by atoms with Crippen molar-refractivity contribution < 1.29 is 9.47 Å². The molecule has 2 rings (SSSR count). The zero-order valence-corrected chi connectivity index (χ0v) is 14.3. The summed E-state index contributed by atoms with van der Waals surface area (Å²) >= 11 is 0. The van der Waals surface area contributed by atoms with Gasteiger partial charge in [0.2, 0.25) is 0 Å². The van der Waals surface area contributed by atoms with Crippen molar-refractivity contribution in [2.45, 2.75) is 20.3 Å². The lowest BCUT2D eigenvalue weighted by Gasteiger charge is -2.22.